The van der Waals surface area contributed by atoms with Crippen molar-refractivity contribution >= 4 is 71.0 Å². The van der Waals surface area contributed by atoms with Gasteiger partial charge in [-0.05, 0) is 72.8 Å². The van der Waals surface area contributed by atoms with Gasteiger partial charge in [0.1, 0.15) is 12.4 Å². The molecule has 0 N–H and O–H groups in total. The Kier molecular flexibility index (Phi) is 9.62. The number of rotatable bonds is 8. The molecule has 0 aliphatic rings. The fraction of sp³-hybridized carbons (Fsp3) is 0.385. The molecule has 0 aliphatic heterocycles. The quantitative estimate of drug-likeness (QED) is 0.293. The minimum atomic E-state index is 0.435. The third kappa shape index (κ3) is 7.03. The molecule has 0 aliphatic carbocycles. The van der Waals surface area contributed by atoms with Gasteiger partial charge >= 0.3 is 0 Å². The van der Waals surface area contributed by atoms with E-state index >= 15 is 0 Å². The lowest BCUT2D eigenvalue weighted by molar-refractivity contribution is 0.306. The van der Waals surface area contributed by atoms with Crippen LogP contribution in [0.3, 0.4) is 0 Å². The topological polar surface area (TPSA) is 18.5 Å². The number of hydrogen-bond donors (Lipinski definition) is 0. The van der Waals surface area contributed by atoms with E-state index in [1.165, 1.54) is 0 Å². The summed E-state index contributed by atoms with van der Waals surface area (Å²) < 4.78 is 12.8. The second kappa shape index (κ2) is 10.3. The van der Waals surface area contributed by atoms with Crippen LogP contribution in [0, 0.1) is 0 Å². The zero-order valence-corrected chi connectivity index (χ0v) is 16.7. The molecule has 0 radical (unpaired) electrons. The third-order valence-corrected chi connectivity index (χ3v) is 4.02. The highest BCUT2D eigenvalue weighted by Gasteiger charge is 2.10. The van der Waals surface area contributed by atoms with Crippen molar-refractivity contribution in [2.45, 2.75) is 12.8 Å². The summed E-state index contributed by atoms with van der Waals surface area (Å²) in [6.07, 6.45) is 3.67. The van der Waals surface area contributed by atoms with E-state index in [0.29, 0.717) is 35.6 Å². The predicted octanol–water partition coefficient (Wildman–Crippen LogP) is 6.51. The molecule has 0 spiro atoms. The Bertz CT molecular complexity index is 440. The zero-order valence-electron chi connectivity index (χ0n) is 10.5. The van der Waals surface area contributed by atoms with E-state index in [2.05, 4.69) is 47.8 Å². The molecule has 0 saturated carbocycles. The van der Waals surface area contributed by atoms with Gasteiger partial charge in [0.05, 0.1) is 19.5 Å². The first kappa shape index (κ1) is 18.6. The number of ether oxygens (including phenoxy) is 2. The summed E-state index contributed by atoms with van der Waals surface area (Å²) in [5.41, 5.74) is 0. The van der Waals surface area contributed by atoms with E-state index in [1.807, 2.05) is 12.1 Å². The van der Waals surface area contributed by atoms with Crippen molar-refractivity contribution in [1.82, 2.24) is 0 Å². The van der Waals surface area contributed by atoms with Crippen molar-refractivity contribution in [3.63, 3.8) is 0 Å². The Morgan fingerprint density at radius 2 is 1.95 bits per heavy atom. The average molecular weight is 512 g/mol. The molecule has 1 aromatic rings. The number of halogens is 5. The Morgan fingerprint density at radius 3 is 2.55 bits per heavy atom. The van der Waals surface area contributed by atoms with Gasteiger partial charge in [0.25, 0.3) is 0 Å². The molecule has 0 unspecified atom stereocenters. The molecular formula is C13H13Br3Cl2O2. The average Bonchev–Trinajstić information content (AvgIpc) is 2.36. The van der Waals surface area contributed by atoms with Crippen molar-refractivity contribution in [3.8, 4) is 11.5 Å². The van der Waals surface area contributed by atoms with Crippen LogP contribution in [0.4, 0.5) is 0 Å². The molecule has 0 atom stereocenters. The maximum Gasteiger partial charge on any atom is 0.152 e. The lowest BCUT2D eigenvalue weighted by Crippen LogP contribution is -2.00. The lowest BCUT2D eigenvalue weighted by atomic mass is 10.3. The Hall–Kier alpha value is 0.580. The maximum atomic E-state index is 6.19. The summed E-state index contributed by atoms with van der Waals surface area (Å²) in [7, 11) is 0. The van der Waals surface area contributed by atoms with E-state index in [-0.39, 0.29) is 0 Å². The van der Waals surface area contributed by atoms with E-state index in [0.717, 1.165) is 20.7 Å². The van der Waals surface area contributed by atoms with Crippen molar-refractivity contribution in [2.75, 3.05) is 19.1 Å². The van der Waals surface area contributed by atoms with Gasteiger partial charge in [0.15, 0.2) is 5.75 Å². The van der Waals surface area contributed by atoms with Crippen LogP contribution in [0.5, 0.6) is 11.5 Å². The van der Waals surface area contributed by atoms with Crippen molar-refractivity contribution in [1.29, 1.82) is 0 Å². The first-order chi connectivity index (χ1) is 9.54. The van der Waals surface area contributed by atoms with Gasteiger partial charge in [0.2, 0.25) is 0 Å². The van der Waals surface area contributed by atoms with Gasteiger partial charge in [-0.15, -0.1) is 11.6 Å². The maximum absolute atomic E-state index is 6.19. The molecule has 0 bridgehead atoms. The van der Waals surface area contributed by atoms with Crippen molar-refractivity contribution in [2.24, 2.45) is 0 Å². The smallest absolute Gasteiger partial charge is 0.152 e. The lowest BCUT2D eigenvalue weighted by Gasteiger charge is -2.12. The van der Waals surface area contributed by atoms with E-state index < -0.39 is 0 Å². The second-order valence-corrected chi connectivity index (χ2v) is 8.18. The van der Waals surface area contributed by atoms with Crippen LogP contribution in [0.1, 0.15) is 12.8 Å². The molecule has 0 fully saturated rings. The van der Waals surface area contributed by atoms with Crippen LogP contribution in [-0.4, -0.2) is 19.1 Å². The highest BCUT2D eigenvalue weighted by Crippen LogP contribution is 2.37. The van der Waals surface area contributed by atoms with Gasteiger partial charge in [-0.1, -0.05) is 11.6 Å². The molecule has 7 heteroatoms. The standard InChI is InChI=1S/C13H13Br3Cl2O2/c14-10-7-9(19-6-3-12(15)16)8-11(18)13(10)20-5-2-1-4-17/h3,7-8H,1-2,4-6H2. The number of unbranched alkanes of at least 4 members (excludes halogenated alkanes) is 1. The predicted molar refractivity (Wildman–Crippen MR) is 96.0 cm³/mol. The van der Waals surface area contributed by atoms with Crippen LogP contribution < -0.4 is 9.47 Å². The monoisotopic (exact) mass is 508 g/mol. The van der Waals surface area contributed by atoms with Crippen LogP contribution in [0.2, 0.25) is 5.02 Å². The first-order valence-electron chi connectivity index (χ1n) is 5.86. The number of hydrogen-bond acceptors (Lipinski definition) is 2. The fourth-order valence-corrected chi connectivity index (χ4v) is 2.71. The van der Waals surface area contributed by atoms with Crippen molar-refractivity contribution < 1.29 is 9.47 Å². The summed E-state index contributed by atoms with van der Waals surface area (Å²) in [4.78, 5) is 0. The Labute approximate surface area is 154 Å². The number of alkyl halides is 1. The van der Waals surface area contributed by atoms with Gasteiger partial charge in [-0.2, -0.15) is 0 Å². The Morgan fingerprint density at radius 1 is 1.20 bits per heavy atom. The molecule has 112 valence electrons. The molecule has 0 amide bonds. The molecule has 2 nitrogen and oxygen atoms in total. The first-order valence-corrected chi connectivity index (χ1v) is 9.15. The van der Waals surface area contributed by atoms with Gasteiger partial charge in [0, 0.05) is 11.9 Å². The fourth-order valence-electron chi connectivity index (χ4n) is 1.33. The largest absolute Gasteiger partial charge is 0.491 e. The summed E-state index contributed by atoms with van der Waals surface area (Å²) in [6, 6.07) is 3.57. The summed E-state index contributed by atoms with van der Waals surface area (Å²) in [5.74, 6) is 1.94. The molecule has 20 heavy (non-hydrogen) atoms. The van der Waals surface area contributed by atoms with Crippen LogP contribution >= 0.6 is 71.0 Å². The molecule has 1 aromatic carbocycles. The zero-order chi connectivity index (χ0) is 15.0. The third-order valence-electron chi connectivity index (χ3n) is 2.23. The minimum Gasteiger partial charge on any atom is -0.491 e. The second-order valence-electron chi connectivity index (χ2n) is 3.77. The molecule has 1 rings (SSSR count). The Balaban J connectivity index is 2.63. The van der Waals surface area contributed by atoms with Gasteiger partial charge in [-0.3, -0.25) is 0 Å². The summed E-state index contributed by atoms with van der Waals surface area (Å²) >= 11 is 21.8. The van der Waals surface area contributed by atoms with E-state index in [9.17, 15) is 0 Å². The summed E-state index contributed by atoms with van der Waals surface area (Å²) in [6.45, 7) is 1.02. The van der Waals surface area contributed by atoms with E-state index in [4.69, 9.17) is 32.7 Å². The molecule has 0 aromatic heterocycles. The van der Waals surface area contributed by atoms with Crippen LogP contribution in [-0.2, 0) is 0 Å². The minimum absolute atomic E-state index is 0.435. The molecule has 0 saturated heterocycles. The van der Waals surface area contributed by atoms with Crippen molar-refractivity contribution in [3.05, 3.63) is 31.1 Å². The molecule has 0 heterocycles. The summed E-state index contributed by atoms with van der Waals surface area (Å²) in [5, 5.41) is 0.516. The van der Waals surface area contributed by atoms with Crippen LogP contribution in [0.15, 0.2) is 26.1 Å². The van der Waals surface area contributed by atoms with E-state index in [1.54, 1.807) is 6.07 Å². The molecular weight excluding hydrogens is 499 g/mol. The van der Waals surface area contributed by atoms with Crippen LogP contribution in [0.25, 0.3) is 0 Å². The SMILES string of the molecule is ClCCCCOc1c(Cl)cc(OCC=C(Br)Br)cc1Br. The highest BCUT2D eigenvalue weighted by atomic mass is 79.9. The van der Waals surface area contributed by atoms with Gasteiger partial charge in [-0.25, -0.2) is 0 Å². The number of benzene rings is 1. The highest BCUT2D eigenvalue weighted by molar-refractivity contribution is 9.28. The van der Waals surface area contributed by atoms with Gasteiger partial charge < -0.3 is 9.47 Å². The normalized spacial score (nSPS) is 10.2.